The highest BCUT2D eigenvalue weighted by Gasteiger charge is 2.20. The molecule has 0 saturated carbocycles. The first-order chi connectivity index (χ1) is 11.5. The zero-order valence-electron chi connectivity index (χ0n) is 13.6. The summed E-state index contributed by atoms with van der Waals surface area (Å²) in [4.78, 5) is 29.2. The number of aromatic amines is 1. The van der Waals surface area contributed by atoms with Crippen LogP contribution in [-0.2, 0) is 6.54 Å². The van der Waals surface area contributed by atoms with Gasteiger partial charge in [0.25, 0.3) is 5.56 Å². The summed E-state index contributed by atoms with van der Waals surface area (Å²) in [6.45, 7) is 3.83. The monoisotopic (exact) mass is 340 g/mol. The number of ether oxygens (including phenoxy) is 1. The van der Waals surface area contributed by atoms with Crippen molar-refractivity contribution in [2.75, 3.05) is 7.11 Å². The van der Waals surface area contributed by atoms with Crippen LogP contribution in [0.15, 0.2) is 27.8 Å². The number of nitrogens with zero attached hydrogens (tertiary/aromatic N) is 1. The summed E-state index contributed by atoms with van der Waals surface area (Å²) in [5, 5.41) is 0.469. The lowest BCUT2D eigenvalue weighted by Gasteiger charge is -2.10. The Kier molecular flexibility index (Phi) is 4.04. The summed E-state index contributed by atoms with van der Waals surface area (Å²) in [6, 6.07) is 5.80. The number of hydrogen-bond acceptors (Lipinski definition) is 4. The molecule has 24 heavy (non-hydrogen) atoms. The number of terminal acetylenes is 1. The Morgan fingerprint density at radius 1 is 1.33 bits per heavy atom. The topological polar surface area (TPSA) is 64.1 Å². The Labute approximate surface area is 142 Å². The molecule has 1 aromatic carbocycles. The van der Waals surface area contributed by atoms with E-state index in [1.165, 1.54) is 11.3 Å². The van der Waals surface area contributed by atoms with Crippen LogP contribution in [-0.4, -0.2) is 16.7 Å². The van der Waals surface area contributed by atoms with Crippen LogP contribution >= 0.6 is 11.3 Å². The number of H-pyrrole nitrogens is 1. The van der Waals surface area contributed by atoms with Crippen molar-refractivity contribution in [2.45, 2.75) is 20.4 Å². The molecule has 1 N–H and O–H groups in total. The van der Waals surface area contributed by atoms with E-state index < -0.39 is 5.69 Å². The maximum absolute atomic E-state index is 12.8. The summed E-state index contributed by atoms with van der Waals surface area (Å²) < 4.78 is 6.50. The van der Waals surface area contributed by atoms with Crippen molar-refractivity contribution < 1.29 is 4.74 Å². The zero-order valence-corrected chi connectivity index (χ0v) is 14.4. The first-order valence-electron chi connectivity index (χ1n) is 7.32. The number of thiophene rings is 1. The van der Waals surface area contributed by atoms with E-state index in [1.54, 1.807) is 7.11 Å². The lowest BCUT2D eigenvalue weighted by Crippen LogP contribution is -2.34. The van der Waals surface area contributed by atoms with Crippen LogP contribution in [0.3, 0.4) is 0 Å². The third-order valence-corrected chi connectivity index (χ3v) is 4.90. The highest BCUT2D eigenvalue weighted by Crippen LogP contribution is 2.40. The second-order valence-corrected chi connectivity index (χ2v) is 6.69. The predicted molar refractivity (Wildman–Crippen MR) is 97.0 cm³/mol. The minimum Gasteiger partial charge on any atom is -0.496 e. The van der Waals surface area contributed by atoms with Crippen LogP contribution in [0.25, 0.3) is 21.3 Å². The van der Waals surface area contributed by atoms with Crippen molar-refractivity contribution in [2.24, 2.45) is 0 Å². The summed E-state index contributed by atoms with van der Waals surface area (Å²) in [5.74, 6) is 3.03. The van der Waals surface area contributed by atoms with Crippen LogP contribution in [0.2, 0.25) is 0 Å². The summed E-state index contributed by atoms with van der Waals surface area (Å²) in [6.07, 6.45) is 5.28. The fourth-order valence-electron chi connectivity index (χ4n) is 2.80. The van der Waals surface area contributed by atoms with E-state index in [9.17, 15) is 9.59 Å². The number of hydrogen-bond donors (Lipinski definition) is 1. The van der Waals surface area contributed by atoms with Gasteiger partial charge < -0.3 is 4.74 Å². The van der Waals surface area contributed by atoms with Gasteiger partial charge in [-0.1, -0.05) is 17.6 Å². The second kappa shape index (κ2) is 6.02. The summed E-state index contributed by atoms with van der Waals surface area (Å²) in [7, 11) is 1.59. The van der Waals surface area contributed by atoms with E-state index in [0.29, 0.717) is 16.0 Å². The molecule has 0 fully saturated rings. The molecular formula is C18H16N2O3S. The molecule has 0 aliphatic heterocycles. The number of methoxy groups -OCH3 is 1. The van der Waals surface area contributed by atoms with Crippen LogP contribution in [0.1, 0.15) is 10.4 Å². The van der Waals surface area contributed by atoms with Gasteiger partial charge in [0.1, 0.15) is 10.6 Å². The molecule has 3 rings (SSSR count). The molecule has 0 bridgehead atoms. The molecule has 0 spiro atoms. The zero-order chi connectivity index (χ0) is 17.4. The van der Waals surface area contributed by atoms with Gasteiger partial charge in [-0.2, -0.15) is 0 Å². The predicted octanol–water partition coefficient (Wildman–Crippen LogP) is 2.68. The third kappa shape index (κ3) is 2.43. The number of aromatic nitrogens is 2. The van der Waals surface area contributed by atoms with Gasteiger partial charge >= 0.3 is 5.69 Å². The number of nitrogens with one attached hydrogen (secondary N) is 1. The van der Waals surface area contributed by atoms with Crippen LogP contribution < -0.4 is 16.0 Å². The quantitative estimate of drug-likeness (QED) is 0.746. The van der Waals surface area contributed by atoms with Gasteiger partial charge in [-0.15, -0.1) is 17.8 Å². The smallest absolute Gasteiger partial charge is 0.330 e. The average Bonchev–Trinajstić information content (AvgIpc) is 2.87. The molecule has 6 heteroatoms. The van der Waals surface area contributed by atoms with Crippen LogP contribution in [0, 0.1) is 26.2 Å². The largest absolute Gasteiger partial charge is 0.496 e. The number of rotatable bonds is 3. The maximum atomic E-state index is 12.8. The average molecular weight is 340 g/mol. The van der Waals surface area contributed by atoms with E-state index in [-0.39, 0.29) is 12.1 Å². The van der Waals surface area contributed by atoms with E-state index in [1.807, 2.05) is 32.0 Å². The van der Waals surface area contributed by atoms with E-state index >= 15 is 0 Å². The Balaban J connectivity index is 2.46. The van der Waals surface area contributed by atoms with Crippen molar-refractivity contribution in [3.05, 3.63) is 49.5 Å². The van der Waals surface area contributed by atoms with Gasteiger partial charge in [0.2, 0.25) is 0 Å². The SMILES string of the molecule is C#CCn1c(=O)[nH]c2sc(C)c(-c3cc(C)ccc3OC)c2c1=O. The standard InChI is InChI=1S/C18H16N2O3S/c1-5-8-20-17(21)15-14(11(3)24-16(15)19-18(20)22)12-9-10(2)6-7-13(12)23-4/h1,6-7,9H,8H2,2-4H3,(H,19,22). The minimum absolute atomic E-state index is 0.0661. The summed E-state index contributed by atoms with van der Waals surface area (Å²) >= 11 is 1.38. The van der Waals surface area contributed by atoms with Crippen molar-refractivity contribution >= 4 is 21.6 Å². The number of aryl methyl sites for hydroxylation is 2. The lowest BCUT2D eigenvalue weighted by atomic mass is 10.0. The first kappa shape index (κ1) is 16.1. The van der Waals surface area contributed by atoms with Gasteiger partial charge in [0, 0.05) is 16.0 Å². The minimum atomic E-state index is -0.491. The van der Waals surface area contributed by atoms with Gasteiger partial charge in [-0.05, 0) is 26.0 Å². The molecule has 5 nitrogen and oxygen atoms in total. The molecule has 3 aromatic rings. The molecule has 0 aliphatic rings. The normalized spacial score (nSPS) is 10.8. The molecule has 2 heterocycles. The Morgan fingerprint density at radius 2 is 2.08 bits per heavy atom. The summed E-state index contributed by atoms with van der Waals surface area (Å²) in [5.41, 5.74) is 1.79. The van der Waals surface area contributed by atoms with Gasteiger partial charge in [-0.3, -0.25) is 9.78 Å². The van der Waals surface area contributed by atoms with Crippen LogP contribution in [0.4, 0.5) is 0 Å². The fraction of sp³-hybridized carbons (Fsp3) is 0.222. The molecule has 0 radical (unpaired) electrons. The van der Waals surface area contributed by atoms with Crippen molar-refractivity contribution in [3.63, 3.8) is 0 Å². The molecule has 0 unspecified atom stereocenters. The molecule has 0 aliphatic carbocycles. The fourth-order valence-corrected chi connectivity index (χ4v) is 3.86. The molecule has 0 atom stereocenters. The van der Waals surface area contributed by atoms with E-state index in [4.69, 9.17) is 11.2 Å². The molecular weight excluding hydrogens is 324 g/mol. The Bertz CT molecular complexity index is 1100. The second-order valence-electron chi connectivity index (χ2n) is 5.47. The maximum Gasteiger partial charge on any atom is 0.330 e. The first-order valence-corrected chi connectivity index (χ1v) is 8.14. The highest BCUT2D eigenvalue weighted by atomic mass is 32.1. The third-order valence-electron chi connectivity index (χ3n) is 3.88. The van der Waals surface area contributed by atoms with Gasteiger partial charge in [0.15, 0.2) is 0 Å². The van der Waals surface area contributed by atoms with Gasteiger partial charge in [-0.25, -0.2) is 9.36 Å². The Hall–Kier alpha value is -2.78. The molecule has 2 aromatic heterocycles. The highest BCUT2D eigenvalue weighted by molar-refractivity contribution is 7.19. The Morgan fingerprint density at radius 3 is 2.75 bits per heavy atom. The van der Waals surface area contributed by atoms with Crippen molar-refractivity contribution in [3.8, 4) is 29.2 Å². The van der Waals surface area contributed by atoms with Crippen molar-refractivity contribution in [1.82, 2.24) is 9.55 Å². The number of fused-ring (bicyclic) bond motifs is 1. The van der Waals surface area contributed by atoms with Gasteiger partial charge in [0.05, 0.1) is 19.0 Å². The van der Waals surface area contributed by atoms with Crippen LogP contribution in [0.5, 0.6) is 5.75 Å². The molecule has 0 saturated heterocycles. The lowest BCUT2D eigenvalue weighted by molar-refractivity contribution is 0.416. The number of benzene rings is 1. The molecule has 0 amide bonds. The molecule has 122 valence electrons. The van der Waals surface area contributed by atoms with E-state index in [0.717, 1.165) is 26.1 Å². The van der Waals surface area contributed by atoms with E-state index in [2.05, 4.69) is 10.9 Å². The van der Waals surface area contributed by atoms with Crippen molar-refractivity contribution in [1.29, 1.82) is 0 Å².